The number of hydrogen-bond donors (Lipinski definition) is 0. The van der Waals surface area contributed by atoms with Crippen molar-refractivity contribution < 1.29 is 0 Å². The Labute approximate surface area is 296 Å². The maximum atomic E-state index is 2.58. The lowest BCUT2D eigenvalue weighted by atomic mass is 9.85. The smallest absolute Gasteiger partial charge is 0.0515 e. The summed E-state index contributed by atoms with van der Waals surface area (Å²) < 4.78 is 0. The number of allylic oxidation sites excluding steroid dienone is 16. The van der Waals surface area contributed by atoms with Crippen molar-refractivity contribution in [1.29, 1.82) is 0 Å². The Hall–Kier alpha value is -5.60. The second-order valence-corrected chi connectivity index (χ2v) is 13.9. The normalized spacial score (nSPS) is 19.4. The fourth-order valence-corrected chi connectivity index (χ4v) is 8.33. The Kier molecular flexibility index (Phi) is 8.14. The van der Waals surface area contributed by atoms with E-state index in [4.69, 9.17) is 0 Å². The average molecular weight is 647 g/mol. The molecule has 0 N–H and O–H groups in total. The Bertz CT molecular complexity index is 2170. The zero-order valence-corrected chi connectivity index (χ0v) is 28.5. The number of fused-ring (bicyclic) bond motifs is 3. The maximum absolute atomic E-state index is 2.58. The van der Waals surface area contributed by atoms with Crippen molar-refractivity contribution >= 4 is 22.7 Å². The monoisotopic (exact) mass is 646 g/mol. The number of rotatable bonds is 7. The van der Waals surface area contributed by atoms with Crippen LogP contribution in [-0.2, 0) is 0 Å². The Morgan fingerprint density at radius 1 is 0.500 bits per heavy atom. The Morgan fingerprint density at radius 3 is 1.80 bits per heavy atom. The van der Waals surface area contributed by atoms with E-state index in [1.165, 1.54) is 74.6 Å². The maximum Gasteiger partial charge on any atom is 0.0515 e. The van der Waals surface area contributed by atoms with Gasteiger partial charge < -0.3 is 9.80 Å². The molecule has 244 valence electrons. The van der Waals surface area contributed by atoms with Crippen molar-refractivity contribution in [3.63, 3.8) is 0 Å². The lowest BCUT2D eigenvalue weighted by Crippen LogP contribution is -2.21. The molecule has 0 fully saturated rings. The molecule has 1 heterocycles. The lowest BCUT2D eigenvalue weighted by molar-refractivity contribution is 0.784. The molecule has 0 bridgehead atoms. The van der Waals surface area contributed by atoms with Gasteiger partial charge >= 0.3 is 0 Å². The molecule has 2 nitrogen and oxygen atoms in total. The second-order valence-electron chi connectivity index (χ2n) is 13.9. The molecule has 0 aromatic heterocycles. The summed E-state index contributed by atoms with van der Waals surface area (Å²) in [5.41, 5.74) is 17.5. The van der Waals surface area contributed by atoms with Crippen molar-refractivity contribution in [1.82, 2.24) is 0 Å². The highest BCUT2D eigenvalue weighted by Gasteiger charge is 2.36. The zero-order chi connectivity index (χ0) is 33.3. The number of para-hydroxylation sites is 1. The van der Waals surface area contributed by atoms with Gasteiger partial charge in [-0.2, -0.15) is 0 Å². The van der Waals surface area contributed by atoms with E-state index in [1.54, 1.807) is 0 Å². The minimum Gasteiger partial charge on any atom is -0.317 e. The van der Waals surface area contributed by atoms with E-state index < -0.39 is 0 Å². The van der Waals surface area contributed by atoms with E-state index in [0.717, 1.165) is 43.5 Å². The molecule has 0 spiro atoms. The largest absolute Gasteiger partial charge is 0.317 e. The fourth-order valence-electron chi connectivity index (χ4n) is 8.33. The third-order valence-electron chi connectivity index (χ3n) is 10.9. The van der Waals surface area contributed by atoms with Gasteiger partial charge in [0.15, 0.2) is 0 Å². The molecule has 0 radical (unpaired) electrons. The summed E-state index contributed by atoms with van der Waals surface area (Å²) in [7, 11) is 0. The first kappa shape index (κ1) is 30.5. The first-order valence-corrected chi connectivity index (χ1v) is 18.3. The molecule has 0 saturated carbocycles. The van der Waals surface area contributed by atoms with Crippen LogP contribution in [0, 0.1) is 0 Å². The van der Waals surface area contributed by atoms with Gasteiger partial charge in [0.2, 0.25) is 0 Å². The van der Waals surface area contributed by atoms with Gasteiger partial charge in [0.05, 0.1) is 5.69 Å². The van der Waals surface area contributed by atoms with Crippen LogP contribution in [0.2, 0.25) is 0 Å². The van der Waals surface area contributed by atoms with Crippen LogP contribution in [0.5, 0.6) is 0 Å². The highest BCUT2D eigenvalue weighted by Crippen LogP contribution is 2.52. The molecule has 4 aliphatic carbocycles. The summed E-state index contributed by atoms with van der Waals surface area (Å²) in [5, 5.41) is 0. The van der Waals surface area contributed by atoms with Gasteiger partial charge in [0.25, 0.3) is 0 Å². The molecule has 5 aliphatic rings. The van der Waals surface area contributed by atoms with E-state index in [0.29, 0.717) is 5.92 Å². The van der Waals surface area contributed by atoms with E-state index in [9.17, 15) is 0 Å². The van der Waals surface area contributed by atoms with E-state index in [2.05, 4.69) is 174 Å². The van der Waals surface area contributed by atoms with Gasteiger partial charge in [-0.15, -0.1) is 0 Å². The van der Waals surface area contributed by atoms with Crippen LogP contribution < -0.4 is 9.80 Å². The molecule has 0 amide bonds. The first-order chi connectivity index (χ1) is 24.8. The molecule has 9 rings (SSSR count). The van der Waals surface area contributed by atoms with Crippen LogP contribution in [0.1, 0.15) is 56.4 Å². The molecule has 1 atom stereocenters. The highest BCUT2D eigenvalue weighted by molar-refractivity contribution is 5.84. The summed E-state index contributed by atoms with van der Waals surface area (Å²) in [6, 6.07) is 37.5. The third kappa shape index (κ3) is 5.75. The van der Waals surface area contributed by atoms with E-state index in [-0.39, 0.29) is 0 Å². The van der Waals surface area contributed by atoms with Crippen LogP contribution >= 0.6 is 0 Å². The Balaban J connectivity index is 1.06. The van der Waals surface area contributed by atoms with E-state index in [1.807, 2.05) is 0 Å². The predicted octanol–water partition coefficient (Wildman–Crippen LogP) is 13.1. The molecular formula is C48H42N2. The summed E-state index contributed by atoms with van der Waals surface area (Å²) in [4.78, 5) is 4.98. The molecule has 50 heavy (non-hydrogen) atoms. The van der Waals surface area contributed by atoms with Gasteiger partial charge in [-0.1, -0.05) is 115 Å². The Morgan fingerprint density at radius 2 is 1.12 bits per heavy atom. The molecule has 2 heteroatoms. The third-order valence-corrected chi connectivity index (χ3v) is 10.9. The van der Waals surface area contributed by atoms with Crippen molar-refractivity contribution in [2.75, 3.05) is 9.80 Å². The number of anilines is 4. The van der Waals surface area contributed by atoms with Crippen LogP contribution in [0.15, 0.2) is 198 Å². The minimum absolute atomic E-state index is 0.388. The van der Waals surface area contributed by atoms with Crippen LogP contribution in [0.4, 0.5) is 22.7 Å². The lowest BCUT2D eigenvalue weighted by Gasteiger charge is -2.31. The molecule has 4 aromatic rings. The van der Waals surface area contributed by atoms with Gasteiger partial charge in [-0.05, 0) is 132 Å². The van der Waals surface area contributed by atoms with Crippen LogP contribution in [0.3, 0.4) is 0 Å². The molecule has 4 aromatic carbocycles. The topological polar surface area (TPSA) is 6.48 Å². The molecule has 0 saturated heterocycles. The summed E-state index contributed by atoms with van der Waals surface area (Å²) >= 11 is 0. The minimum atomic E-state index is 0.388. The van der Waals surface area contributed by atoms with Crippen LogP contribution in [-0.4, -0.2) is 0 Å². The first-order valence-electron chi connectivity index (χ1n) is 18.3. The summed E-state index contributed by atoms with van der Waals surface area (Å²) in [5.74, 6) is 0.388. The van der Waals surface area contributed by atoms with Crippen molar-refractivity contribution in [2.45, 2.75) is 50.9 Å². The summed E-state index contributed by atoms with van der Waals surface area (Å²) in [6.45, 7) is 0. The number of benzene rings is 4. The van der Waals surface area contributed by atoms with Crippen molar-refractivity contribution in [2.24, 2.45) is 0 Å². The highest BCUT2D eigenvalue weighted by atomic mass is 15.2. The van der Waals surface area contributed by atoms with E-state index >= 15 is 0 Å². The zero-order valence-electron chi connectivity index (χ0n) is 28.5. The molecule has 1 unspecified atom stereocenters. The second kappa shape index (κ2) is 13.4. The molecule has 1 aliphatic heterocycles. The quantitative estimate of drug-likeness (QED) is 0.197. The summed E-state index contributed by atoms with van der Waals surface area (Å²) in [6.07, 6.45) is 31.1. The van der Waals surface area contributed by atoms with Gasteiger partial charge in [-0.25, -0.2) is 0 Å². The standard InChI is InChI=1S/C48H42N2/c1-4-12-35(13-5-1)37-20-22-38(23-21-37)40-26-30-43(31-27-40)50-47-19-11-10-18-45(47)46-33-32-44(34-48(46)50)49(41-16-8-3-9-17-41)42-28-24-39(25-29-42)36-14-6-2-7-15-36/h1-4,6-12,14-17,19-20,22,24-26,28-30,32-34,45H,5,13,18,21,23,27,31H2. The SMILES string of the molecule is C1=CCCC(C2=CC=C(C3=CC=C(N4C5=CC=CCC5c5ccc(N(c6ccccc6)c6ccc(-c7ccccc7)cc6)cc54)CC3)CC2)=C1. The predicted molar refractivity (Wildman–Crippen MR) is 211 cm³/mol. The van der Waals surface area contributed by atoms with Crippen molar-refractivity contribution in [3.8, 4) is 11.1 Å². The van der Waals surface area contributed by atoms with Crippen LogP contribution in [0.25, 0.3) is 11.1 Å². The molecular weight excluding hydrogens is 605 g/mol. The van der Waals surface area contributed by atoms with Gasteiger partial charge in [0, 0.05) is 34.4 Å². The fraction of sp³-hybridized carbons (Fsp3) is 0.167. The average Bonchev–Trinajstić information content (AvgIpc) is 3.53. The number of nitrogens with zero attached hydrogens (tertiary/aromatic N) is 2. The van der Waals surface area contributed by atoms with Gasteiger partial charge in [-0.3, -0.25) is 0 Å². The van der Waals surface area contributed by atoms with Gasteiger partial charge in [0.1, 0.15) is 0 Å². The van der Waals surface area contributed by atoms with Crippen molar-refractivity contribution in [3.05, 3.63) is 203 Å². The number of hydrogen-bond acceptors (Lipinski definition) is 2.